The van der Waals surface area contributed by atoms with E-state index < -0.39 is 5.97 Å². The molecular formula is C25H30N2O5. The summed E-state index contributed by atoms with van der Waals surface area (Å²) in [5.41, 5.74) is 3.32. The summed E-state index contributed by atoms with van der Waals surface area (Å²) in [5.74, 6) is -0.184. The molecule has 2 aliphatic heterocycles. The Labute approximate surface area is 187 Å². The van der Waals surface area contributed by atoms with Crippen molar-refractivity contribution >= 4 is 17.6 Å². The van der Waals surface area contributed by atoms with Crippen molar-refractivity contribution in [2.75, 3.05) is 37.7 Å². The number of amides is 1. The summed E-state index contributed by atoms with van der Waals surface area (Å²) in [6.45, 7) is 2.52. The van der Waals surface area contributed by atoms with Gasteiger partial charge in [-0.1, -0.05) is 25.3 Å². The zero-order valence-electron chi connectivity index (χ0n) is 18.2. The minimum atomic E-state index is -0.951. The summed E-state index contributed by atoms with van der Waals surface area (Å²) in [5, 5.41) is 9.63. The Morgan fingerprint density at radius 3 is 2.53 bits per heavy atom. The number of benzene rings is 1. The molecule has 2 fully saturated rings. The van der Waals surface area contributed by atoms with E-state index >= 15 is 0 Å². The third-order valence-corrected chi connectivity index (χ3v) is 7.33. The van der Waals surface area contributed by atoms with E-state index in [0.29, 0.717) is 32.2 Å². The number of ether oxygens (including phenoxy) is 1. The predicted octanol–water partition coefficient (Wildman–Crippen LogP) is 4.06. The molecule has 3 heterocycles. The lowest BCUT2D eigenvalue weighted by Crippen LogP contribution is -2.46. The van der Waals surface area contributed by atoms with Gasteiger partial charge >= 0.3 is 5.97 Å². The third-order valence-electron chi connectivity index (χ3n) is 7.33. The van der Waals surface area contributed by atoms with Crippen LogP contribution in [0.1, 0.15) is 65.5 Å². The van der Waals surface area contributed by atoms with E-state index in [-0.39, 0.29) is 30.0 Å². The number of anilines is 1. The van der Waals surface area contributed by atoms with Gasteiger partial charge in [-0.2, -0.15) is 0 Å². The molecule has 1 aromatic heterocycles. The van der Waals surface area contributed by atoms with Gasteiger partial charge in [-0.05, 0) is 42.5 Å². The van der Waals surface area contributed by atoms with Crippen LogP contribution in [-0.4, -0.2) is 54.7 Å². The largest absolute Gasteiger partial charge is 0.478 e. The Kier molecular flexibility index (Phi) is 5.91. The zero-order valence-corrected chi connectivity index (χ0v) is 18.2. The van der Waals surface area contributed by atoms with Crippen LogP contribution in [0.15, 0.2) is 41.2 Å². The Bertz CT molecular complexity index is 961. The first-order valence-electron chi connectivity index (χ1n) is 11.6. The summed E-state index contributed by atoms with van der Waals surface area (Å²) >= 11 is 0. The second kappa shape index (κ2) is 8.98. The van der Waals surface area contributed by atoms with Crippen molar-refractivity contribution in [3.8, 4) is 0 Å². The second-order valence-electron chi connectivity index (χ2n) is 9.13. The summed E-state index contributed by atoms with van der Waals surface area (Å²) in [6, 6.07) is 7.37. The van der Waals surface area contributed by atoms with Crippen LogP contribution < -0.4 is 4.90 Å². The average Bonchev–Trinajstić information content (AvgIpc) is 3.46. The van der Waals surface area contributed by atoms with Gasteiger partial charge in [0.25, 0.3) is 0 Å². The number of carboxylic acid groups (broad SMARTS) is 1. The first-order valence-corrected chi connectivity index (χ1v) is 11.6. The monoisotopic (exact) mass is 438 g/mol. The highest BCUT2D eigenvalue weighted by Gasteiger charge is 2.45. The minimum Gasteiger partial charge on any atom is -0.478 e. The van der Waals surface area contributed by atoms with Gasteiger partial charge < -0.3 is 24.1 Å². The molecule has 5 rings (SSSR count). The Hall–Kier alpha value is -2.80. The molecule has 7 heteroatoms. The lowest BCUT2D eigenvalue weighted by Gasteiger charge is -2.36. The highest BCUT2D eigenvalue weighted by Crippen LogP contribution is 2.55. The van der Waals surface area contributed by atoms with Crippen molar-refractivity contribution in [2.24, 2.45) is 5.92 Å². The van der Waals surface area contributed by atoms with Crippen molar-refractivity contribution in [1.29, 1.82) is 0 Å². The molecule has 2 unspecified atom stereocenters. The number of carbonyl (C=O) groups is 2. The van der Waals surface area contributed by atoms with Crippen LogP contribution in [0.25, 0.3) is 0 Å². The number of fused-ring (bicyclic) bond motifs is 1. The molecule has 1 aromatic carbocycles. The van der Waals surface area contributed by atoms with Gasteiger partial charge in [-0.15, -0.1) is 0 Å². The molecule has 170 valence electrons. The average molecular weight is 439 g/mol. The van der Waals surface area contributed by atoms with Gasteiger partial charge in [0.2, 0.25) is 5.91 Å². The lowest BCUT2D eigenvalue weighted by molar-refractivity contribution is -0.133. The third kappa shape index (κ3) is 3.90. The fraction of sp³-hybridized carbons (Fsp3) is 0.520. The molecule has 1 saturated heterocycles. The van der Waals surface area contributed by atoms with Crippen LogP contribution in [0.2, 0.25) is 0 Å². The van der Waals surface area contributed by atoms with Crippen LogP contribution in [0.3, 0.4) is 0 Å². The quantitative estimate of drug-likeness (QED) is 0.758. The molecule has 32 heavy (non-hydrogen) atoms. The standard InChI is InChI=1S/C25H30N2O5/c28-22(26-9-12-31-13-10-26)15-27-21-14-18(25(29)30)6-7-20(21)23(17-4-2-1-3-5-17)24(27)19-8-11-32-16-19/h6-8,11,14,16-17,23-24H,1-5,9-10,12-13,15H2,(H,29,30). The van der Waals surface area contributed by atoms with Crippen LogP contribution in [0.5, 0.6) is 0 Å². The molecule has 2 aromatic rings. The van der Waals surface area contributed by atoms with Crippen molar-refractivity contribution in [2.45, 2.75) is 44.1 Å². The molecule has 1 amide bonds. The molecule has 0 bridgehead atoms. The fourth-order valence-electron chi connectivity index (χ4n) is 5.80. The Morgan fingerprint density at radius 2 is 1.84 bits per heavy atom. The Morgan fingerprint density at radius 1 is 1.06 bits per heavy atom. The molecular weight excluding hydrogens is 408 g/mol. The molecule has 0 spiro atoms. The van der Waals surface area contributed by atoms with E-state index in [1.54, 1.807) is 24.7 Å². The van der Waals surface area contributed by atoms with Crippen LogP contribution >= 0.6 is 0 Å². The van der Waals surface area contributed by atoms with E-state index in [2.05, 4.69) is 4.90 Å². The van der Waals surface area contributed by atoms with Crippen molar-refractivity contribution in [1.82, 2.24) is 4.90 Å². The lowest BCUT2D eigenvalue weighted by atomic mass is 9.73. The van der Waals surface area contributed by atoms with Crippen molar-refractivity contribution in [3.63, 3.8) is 0 Å². The molecule has 1 aliphatic carbocycles. The smallest absolute Gasteiger partial charge is 0.335 e. The summed E-state index contributed by atoms with van der Waals surface area (Å²) < 4.78 is 10.9. The van der Waals surface area contributed by atoms with E-state index in [1.807, 2.05) is 17.0 Å². The number of hydrogen-bond acceptors (Lipinski definition) is 5. The first-order chi connectivity index (χ1) is 15.6. The minimum absolute atomic E-state index is 0.0408. The van der Waals surface area contributed by atoms with Crippen LogP contribution in [-0.2, 0) is 9.53 Å². The van der Waals surface area contributed by atoms with Gasteiger partial charge in [-0.25, -0.2) is 4.79 Å². The van der Waals surface area contributed by atoms with Crippen LogP contribution in [0, 0.1) is 5.92 Å². The Balaban J connectivity index is 1.56. The summed E-state index contributed by atoms with van der Waals surface area (Å²) in [6.07, 6.45) is 9.47. The van der Waals surface area contributed by atoms with E-state index in [4.69, 9.17) is 9.15 Å². The molecule has 7 nitrogen and oxygen atoms in total. The van der Waals surface area contributed by atoms with Gasteiger partial charge in [-0.3, -0.25) is 4.79 Å². The van der Waals surface area contributed by atoms with Crippen molar-refractivity contribution in [3.05, 3.63) is 53.5 Å². The molecule has 1 saturated carbocycles. The van der Waals surface area contributed by atoms with E-state index in [1.165, 1.54) is 19.3 Å². The summed E-state index contributed by atoms with van der Waals surface area (Å²) in [4.78, 5) is 29.0. The highest BCUT2D eigenvalue weighted by molar-refractivity contribution is 5.91. The number of carboxylic acids is 1. The number of morpholine rings is 1. The molecule has 3 aliphatic rings. The number of carbonyl (C=O) groups excluding carboxylic acids is 1. The van der Waals surface area contributed by atoms with Crippen molar-refractivity contribution < 1.29 is 23.8 Å². The van der Waals surface area contributed by atoms with Gasteiger partial charge in [0.05, 0.1) is 43.9 Å². The van der Waals surface area contributed by atoms with Gasteiger partial charge in [0.15, 0.2) is 0 Å². The van der Waals surface area contributed by atoms with Gasteiger partial charge in [0.1, 0.15) is 0 Å². The molecule has 0 radical (unpaired) electrons. The molecule has 1 N–H and O–H groups in total. The number of aromatic carboxylic acids is 1. The number of furan rings is 1. The topological polar surface area (TPSA) is 83.2 Å². The second-order valence-corrected chi connectivity index (χ2v) is 9.13. The number of nitrogens with zero attached hydrogens (tertiary/aromatic N) is 2. The van der Waals surface area contributed by atoms with E-state index in [0.717, 1.165) is 29.7 Å². The maximum atomic E-state index is 13.3. The maximum Gasteiger partial charge on any atom is 0.335 e. The van der Waals surface area contributed by atoms with Crippen LogP contribution in [0.4, 0.5) is 5.69 Å². The maximum absolute atomic E-state index is 13.3. The predicted molar refractivity (Wildman–Crippen MR) is 119 cm³/mol. The van der Waals surface area contributed by atoms with Gasteiger partial charge in [0, 0.05) is 30.3 Å². The normalized spacial score (nSPS) is 23.9. The number of hydrogen-bond donors (Lipinski definition) is 1. The SMILES string of the molecule is O=C(O)c1ccc2c(c1)N(CC(=O)N1CCOCC1)C(c1ccoc1)C2C1CCCCC1. The molecule has 2 atom stereocenters. The fourth-order valence-corrected chi connectivity index (χ4v) is 5.80. The zero-order chi connectivity index (χ0) is 22.1. The summed E-state index contributed by atoms with van der Waals surface area (Å²) in [7, 11) is 0. The highest BCUT2D eigenvalue weighted by atomic mass is 16.5. The number of rotatable bonds is 5. The van der Waals surface area contributed by atoms with E-state index in [9.17, 15) is 14.7 Å². The first kappa shape index (κ1) is 21.1.